The minimum atomic E-state index is -0.445. The van der Waals surface area contributed by atoms with Crippen LogP contribution < -0.4 is 24.6 Å². The van der Waals surface area contributed by atoms with Crippen molar-refractivity contribution < 1.29 is 28.7 Å². The van der Waals surface area contributed by atoms with E-state index in [-0.39, 0.29) is 5.91 Å². The zero-order chi connectivity index (χ0) is 21.1. The number of carbonyl (C=O) groups is 2. The second kappa shape index (κ2) is 8.62. The van der Waals surface area contributed by atoms with E-state index in [9.17, 15) is 9.59 Å². The summed E-state index contributed by atoms with van der Waals surface area (Å²) < 4.78 is 15.9. The molecule has 158 valence electrons. The van der Waals surface area contributed by atoms with Crippen molar-refractivity contribution in [2.75, 3.05) is 63.8 Å². The highest BCUT2D eigenvalue weighted by molar-refractivity contribution is 6.07. The molecule has 0 saturated carbocycles. The van der Waals surface area contributed by atoms with Crippen molar-refractivity contribution in [3.63, 3.8) is 0 Å². The molecule has 0 bridgehead atoms. The van der Waals surface area contributed by atoms with Crippen LogP contribution in [-0.2, 0) is 4.74 Å². The van der Waals surface area contributed by atoms with Gasteiger partial charge in [-0.3, -0.25) is 4.79 Å². The topological polar surface area (TPSA) is 81.5 Å². The summed E-state index contributed by atoms with van der Waals surface area (Å²) in [5, 5.41) is 2.97. The predicted octanol–water partition coefficient (Wildman–Crippen LogP) is 0.831. The molecule has 1 saturated heterocycles. The molecule has 1 fully saturated rings. The number of carbonyl (C=O) groups excluding carboxylic acids is 2. The SMILES string of the molecule is COC(=O)c1ccc(N2CC[NH+](C)CC2)c(NC(=O)c2ccc3c(c2)OCCO3)c1. The largest absolute Gasteiger partial charge is 0.486 e. The van der Waals surface area contributed by atoms with Crippen molar-refractivity contribution in [2.24, 2.45) is 0 Å². The molecular formula is C22H26N3O5+. The van der Waals surface area contributed by atoms with Crippen LogP contribution in [0, 0.1) is 0 Å². The Kier molecular flexibility index (Phi) is 5.76. The van der Waals surface area contributed by atoms with Crippen LogP contribution >= 0.6 is 0 Å². The van der Waals surface area contributed by atoms with Crippen LogP contribution in [0.15, 0.2) is 36.4 Å². The lowest BCUT2D eigenvalue weighted by Crippen LogP contribution is -3.12. The van der Waals surface area contributed by atoms with Gasteiger partial charge in [-0.15, -0.1) is 0 Å². The van der Waals surface area contributed by atoms with Gasteiger partial charge in [0.2, 0.25) is 0 Å². The Balaban J connectivity index is 1.62. The number of piperazine rings is 1. The maximum absolute atomic E-state index is 13.0. The Labute approximate surface area is 175 Å². The van der Waals surface area contributed by atoms with Gasteiger partial charge in [-0.2, -0.15) is 0 Å². The van der Waals surface area contributed by atoms with E-state index < -0.39 is 5.97 Å². The summed E-state index contributed by atoms with van der Waals surface area (Å²) in [5.41, 5.74) is 2.31. The van der Waals surface area contributed by atoms with E-state index in [4.69, 9.17) is 14.2 Å². The molecule has 8 heteroatoms. The third-order valence-corrected chi connectivity index (χ3v) is 5.43. The molecule has 2 heterocycles. The van der Waals surface area contributed by atoms with Crippen molar-refractivity contribution in [2.45, 2.75) is 0 Å². The number of benzene rings is 2. The molecule has 2 aliphatic heterocycles. The number of hydrogen-bond acceptors (Lipinski definition) is 6. The molecule has 2 aromatic rings. The van der Waals surface area contributed by atoms with Gasteiger partial charge in [-0.1, -0.05) is 0 Å². The molecule has 2 N–H and O–H groups in total. The number of hydrogen-bond donors (Lipinski definition) is 2. The Morgan fingerprint density at radius 3 is 2.43 bits per heavy atom. The molecule has 2 aliphatic rings. The van der Waals surface area contributed by atoms with Crippen LogP contribution in [0.5, 0.6) is 11.5 Å². The fourth-order valence-corrected chi connectivity index (χ4v) is 3.67. The van der Waals surface area contributed by atoms with Crippen LogP contribution in [0.1, 0.15) is 20.7 Å². The van der Waals surface area contributed by atoms with Crippen LogP contribution in [0.2, 0.25) is 0 Å². The average molecular weight is 412 g/mol. The van der Waals surface area contributed by atoms with E-state index in [1.807, 2.05) is 6.07 Å². The fraction of sp³-hybridized carbons (Fsp3) is 0.364. The predicted molar refractivity (Wildman–Crippen MR) is 112 cm³/mol. The molecule has 1 amide bonds. The van der Waals surface area contributed by atoms with Crippen molar-refractivity contribution in [3.05, 3.63) is 47.5 Å². The first kappa shape index (κ1) is 20.0. The Morgan fingerprint density at radius 1 is 1.00 bits per heavy atom. The number of anilines is 2. The Bertz CT molecular complexity index is 954. The molecule has 4 rings (SSSR count). The highest BCUT2D eigenvalue weighted by Crippen LogP contribution is 2.32. The lowest BCUT2D eigenvalue weighted by Gasteiger charge is -2.33. The number of likely N-dealkylation sites (N-methyl/N-ethyl adjacent to an activating group) is 1. The first-order valence-electron chi connectivity index (χ1n) is 10.0. The molecule has 0 unspecified atom stereocenters. The average Bonchev–Trinajstić information content (AvgIpc) is 2.78. The number of amides is 1. The summed E-state index contributed by atoms with van der Waals surface area (Å²) in [7, 11) is 3.51. The third kappa shape index (κ3) is 4.18. The van der Waals surface area contributed by atoms with Gasteiger partial charge in [-0.05, 0) is 36.4 Å². The van der Waals surface area contributed by atoms with Gasteiger partial charge in [0.15, 0.2) is 11.5 Å². The van der Waals surface area contributed by atoms with E-state index in [0.717, 1.165) is 31.9 Å². The zero-order valence-electron chi connectivity index (χ0n) is 17.2. The number of nitrogens with zero attached hydrogens (tertiary/aromatic N) is 1. The second-order valence-electron chi connectivity index (χ2n) is 7.48. The second-order valence-corrected chi connectivity index (χ2v) is 7.48. The normalized spacial score (nSPS) is 16.1. The summed E-state index contributed by atoms with van der Waals surface area (Å²) in [5.74, 6) is 0.458. The third-order valence-electron chi connectivity index (χ3n) is 5.43. The quantitative estimate of drug-likeness (QED) is 0.724. The monoisotopic (exact) mass is 412 g/mol. The van der Waals surface area contributed by atoms with Gasteiger partial charge in [0.05, 0.1) is 57.3 Å². The molecule has 2 aromatic carbocycles. The van der Waals surface area contributed by atoms with Crippen LogP contribution in [0.3, 0.4) is 0 Å². The number of methoxy groups -OCH3 is 1. The first-order valence-corrected chi connectivity index (χ1v) is 10.0. The first-order chi connectivity index (χ1) is 14.5. The fourth-order valence-electron chi connectivity index (χ4n) is 3.67. The Morgan fingerprint density at radius 2 is 1.70 bits per heavy atom. The minimum Gasteiger partial charge on any atom is -0.486 e. The van der Waals surface area contributed by atoms with E-state index >= 15 is 0 Å². The molecule has 0 radical (unpaired) electrons. The number of quaternary nitrogens is 1. The van der Waals surface area contributed by atoms with Gasteiger partial charge in [0.25, 0.3) is 5.91 Å². The molecule has 0 aromatic heterocycles. The standard InChI is InChI=1S/C22H25N3O5/c1-24-7-9-25(10-8-24)18-5-3-16(22(27)28-2)13-17(18)23-21(26)15-4-6-19-20(14-15)30-12-11-29-19/h3-6,13-14H,7-12H2,1-2H3,(H,23,26)/p+1. The Hall–Kier alpha value is -3.26. The molecule has 0 spiro atoms. The smallest absolute Gasteiger partial charge is 0.337 e. The molecule has 30 heavy (non-hydrogen) atoms. The van der Waals surface area contributed by atoms with Gasteiger partial charge in [-0.25, -0.2) is 4.79 Å². The van der Waals surface area contributed by atoms with E-state index in [2.05, 4.69) is 17.3 Å². The molecular weight excluding hydrogens is 386 g/mol. The van der Waals surface area contributed by atoms with Crippen molar-refractivity contribution in [1.29, 1.82) is 0 Å². The molecule has 0 atom stereocenters. The van der Waals surface area contributed by atoms with E-state index in [1.165, 1.54) is 12.0 Å². The minimum absolute atomic E-state index is 0.282. The van der Waals surface area contributed by atoms with Gasteiger partial charge >= 0.3 is 5.97 Å². The number of rotatable bonds is 4. The highest BCUT2D eigenvalue weighted by Gasteiger charge is 2.22. The maximum Gasteiger partial charge on any atom is 0.337 e. The van der Waals surface area contributed by atoms with Crippen molar-refractivity contribution >= 4 is 23.3 Å². The van der Waals surface area contributed by atoms with Crippen LogP contribution in [-0.4, -0.2) is 65.4 Å². The van der Waals surface area contributed by atoms with Crippen molar-refractivity contribution in [1.82, 2.24) is 0 Å². The highest BCUT2D eigenvalue weighted by atomic mass is 16.6. The molecule has 0 aliphatic carbocycles. The summed E-state index contributed by atoms with van der Waals surface area (Å²) >= 11 is 0. The zero-order valence-corrected chi connectivity index (χ0v) is 17.2. The maximum atomic E-state index is 13.0. The van der Waals surface area contributed by atoms with Crippen LogP contribution in [0.4, 0.5) is 11.4 Å². The summed E-state index contributed by atoms with van der Waals surface area (Å²) in [6, 6.07) is 10.4. The van der Waals surface area contributed by atoms with E-state index in [1.54, 1.807) is 30.3 Å². The summed E-state index contributed by atoms with van der Waals surface area (Å²) in [6.07, 6.45) is 0. The van der Waals surface area contributed by atoms with Gasteiger partial charge in [0.1, 0.15) is 13.2 Å². The lowest BCUT2D eigenvalue weighted by molar-refractivity contribution is -0.880. The van der Waals surface area contributed by atoms with Gasteiger partial charge < -0.3 is 29.3 Å². The molecule has 8 nitrogen and oxygen atoms in total. The number of nitrogens with one attached hydrogen (secondary N) is 2. The van der Waals surface area contributed by atoms with Gasteiger partial charge in [0, 0.05) is 5.56 Å². The van der Waals surface area contributed by atoms with E-state index in [0.29, 0.717) is 41.5 Å². The number of esters is 1. The lowest BCUT2D eigenvalue weighted by atomic mass is 10.1. The number of fused-ring (bicyclic) bond motifs is 1. The number of ether oxygens (including phenoxy) is 3. The van der Waals surface area contributed by atoms with Crippen LogP contribution in [0.25, 0.3) is 0 Å². The summed E-state index contributed by atoms with van der Waals surface area (Å²) in [4.78, 5) is 28.7. The summed E-state index contributed by atoms with van der Waals surface area (Å²) in [6.45, 7) is 4.71. The van der Waals surface area contributed by atoms with Crippen molar-refractivity contribution in [3.8, 4) is 11.5 Å².